The van der Waals surface area contributed by atoms with E-state index in [1.807, 2.05) is 6.07 Å². The fraction of sp³-hybridized carbons (Fsp3) is 0.571. The fourth-order valence-electron chi connectivity index (χ4n) is 2.41. The topological polar surface area (TPSA) is 32.5 Å². The van der Waals surface area contributed by atoms with E-state index in [0.29, 0.717) is 5.69 Å². The Kier molecular flexibility index (Phi) is 3.48. The Morgan fingerprint density at radius 1 is 1.06 bits per heavy atom. The summed E-state index contributed by atoms with van der Waals surface area (Å²) in [5, 5.41) is 0. The van der Waals surface area contributed by atoms with E-state index >= 15 is 0 Å². The lowest BCUT2D eigenvalue weighted by Crippen LogP contribution is -2.53. The highest BCUT2D eigenvalue weighted by Crippen LogP contribution is 2.23. The minimum absolute atomic E-state index is 0.201. The fourth-order valence-corrected chi connectivity index (χ4v) is 2.41. The second-order valence-corrected chi connectivity index (χ2v) is 5.89. The third-order valence-electron chi connectivity index (χ3n) is 3.50. The number of rotatable bonds is 1. The number of hydrogen-bond donors (Lipinski definition) is 1. The molecule has 3 nitrogen and oxygen atoms in total. The minimum Gasteiger partial charge on any atom is -0.399 e. The summed E-state index contributed by atoms with van der Waals surface area (Å²) in [6.07, 6.45) is 0. The maximum absolute atomic E-state index is 13.3. The number of nitrogens with zero attached hydrogens (tertiary/aromatic N) is 2. The SMILES string of the molecule is CC(C)(C)N1CCN(c2cc(N)cc(F)c2)CC1. The molecule has 0 unspecified atom stereocenters. The molecule has 0 aliphatic carbocycles. The second-order valence-electron chi connectivity index (χ2n) is 5.89. The normalized spacial score (nSPS) is 18.1. The first-order valence-corrected chi connectivity index (χ1v) is 6.42. The first kappa shape index (κ1) is 13.1. The van der Waals surface area contributed by atoms with Crippen LogP contribution >= 0.6 is 0 Å². The van der Waals surface area contributed by atoms with Gasteiger partial charge in [-0.05, 0) is 39.0 Å². The average molecular weight is 251 g/mol. The van der Waals surface area contributed by atoms with E-state index in [9.17, 15) is 4.39 Å². The van der Waals surface area contributed by atoms with Gasteiger partial charge < -0.3 is 10.6 Å². The van der Waals surface area contributed by atoms with Crippen molar-refractivity contribution in [3.8, 4) is 0 Å². The Morgan fingerprint density at radius 3 is 2.17 bits per heavy atom. The summed E-state index contributed by atoms with van der Waals surface area (Å²) in [6, 6.07) is 4.76. The van der Waals surface area contributed by atoms with Crippen molar-refractivity contribution in [3.05, 3.63) is 24.0 Å². The molecule has 0 atom stereocenters. The zero-order valence-electron chi connectivity index (χ0n) is 11.4. The van der Waals surface area contributed by atoms with Gasteiger partial charge in [-0.3, -0.25) is 4.90 Å². The van der Waals surface area contributed by atoms with E-state index in [-0.39, 0.29) is 11.4 Å². The summed E-state index contributed by atoms with van der Waals surface area (Å²) < 4.78 is 13.3. The molecule has 0 bridgehead atoms. The van der Waals surface area contributed by atoms with Crippen LogP contribution in [0.3, 0.4) is 0 Å². The van der Waals surface area contributed by atoms with Gasteiger partial charge >= 0.3 is 0 Å². The molecule has 1 aliphatic rings. The molecule has 1 aromatic carbocycles. The highest BCUT2D eigenvalue weighted by atomic mass is 19.1. The number of piperazine rings is 1. The highest BCUT2D eigenvalue weighted by Gasteiger charge is 2.25. The standard InChI is InChI=1S/C14H22FN3/c1-14(2,3)18-6-4-17(5-7-18)13-9-11(15)8-12(16)10-13/h8-10H,4-7,16H2,1-3H3. The van der Waals surface area contributed by atoms with Gasteiger partial charge in [0.05, 0.1) is 0 Å². The maximum Gasteiger partial charge on any atom is 0.127 e. The molecule has 1 aliphatic heterocycles. The summed E-state index contributed by atoms with van der Waals surface area (Å²) in [4.78, 5) is 4.65. The van der Waals surface area contributed by atoms with Crippen molar-refractivity contribution in [2.45, 2.75) is 26.3 Å². The molecule has 2 N–H and O–H groups in total. The van der Waals surface area contributed by atoms with Gasteiger partial charge in [-0.1, -0.05) is 0 Å². The van der Waals surface area contributed by atoms with Crippen molar-refractivity contribution in [1.82, 2.24) is 4.90 Å². The largest absolute Gasteiger partial charge is 0.399 e. The lowest BCUT2D eigenvalue weighted by atomic mass is 10.0. The molecule has 1 fully saturated rings. The predicted octanol–water partition coefficient (Wildman–Crippen LogP) is 2.33. The molecule has 0 spiro atoms. The average Bonchev–Trinajstić information content (AvgIpc) is 2.27. The van der Waals surface area contributed by atoms with E-state index in [4.69, 9.17) is 5.73 Å². The van der Waals surface area contributed by atoms with Gasteiger partial charge in [0.25, 0.3) is 0 Å². The van der Waals surface area contributed by atoms with Gasteiger partial charge in [0.15, 0.2) is 0 Å². The van der Waals surface area contributed by atoms with Crippen LogP contribution in [0, 0.1) is 5.82 Å². The summed E-state index contributed by atoms with van der Waals surface area (Å²) in [6.45, 7) is 10.5. The van der Waals surface area contributed by atoms with Crippen LogP contribution in [0.4, 0.5) is 15.8 Å². The van der Waals surface area contributed by atoms with Crippen molar-refractivity contribution in [3.63, 3.8) is 0 Å². The van der Waals surface area contributed by atoms with Crippen LogP contribution < -0.4 is 10.6 Å². The van der Waals surface area contributed by atoms with Crippen LogP contribution in [-0.2, 0) is 0 Å². The van der Waals surface area contributed by atoms with Gasteiger partial charge in [-0.15, -0.1) is 0 Å². The third-order valence-corrected chi connectivity index (χ3v) is 3.50. The monoisotopic (exact) mass is 251 g/mol. The molecular formula is C14H22FN3. The zero-order chi connectivity index (χ0) is 13.3. The van der Waals surface area contributed by atoms with Crippen molar-refractivity contribution in [2.75, 3.05) is 36.8 Å². The van der Waals surface area contributed by atoms with Gasteiger partial charge in [0.1, 0.15) is 5.82 Å². The Morgan fingerprint density at radius 2 is 1.67 bits per heavy atom. The Hall–Kier alpha value is -1.29. The number of halogens is 1. The molecule has 18 heavy (non-hydrogen) atoms. The van der Waals surface area contributed by atoms with E-state index < -0.39 is 0 Å². The van der Waals surface area contributed by atoms with Gasteiger partial charge in [-0.25, -0.2) is 4.39 Å². The molecule has 1 saturated heterocycles. The van der Waals surface area contributed by atoms with Crippen molar-refractivity contribution >= 4 is 11.4 Å². The van der Waals surface area contributed by atoms with Crippen molar-refractivity contribution in [1.29, 1.82) is 0 Å². The molecular weight excluding hydrogens is 229 g/mol. The number of nitrogen functional groups attached to an aromatic ring is 1. The van der Waals surface area contributed by atoms with Crippen molar-refractivity contribution < 1.29 is 4.39 Å². The smallest absolute Gasteiger partial charge is 0.127 e. The van der Waals surface area contributed by atoms with Crippen LogP contribution in [-0.4, -0.2) is 36.6 Å². The predicted molar refractivity (Wildman–Crippen MR) is 74.4 cm³/mol. The lowest BCUT2D eigenvalue weighted by Gasteiger charge is -2.43. The summed E-state index contributed by atoms with van der Waals surface area (Å²) in [5.41, 5.74) is 7.27. The number of benzene rings is 1. The van der Waals surface area contributed by atoms with Gasteiger partial charge in [0, 0.05) is 43.1 Å². The zero-order valence-corrected chi connectivity index (χ0v) is 11.4. The molecule has 0 aromatic heterocycles. The van der Waals surface area contributed by atoms with Crippen LogP contribution in [0.15, 0.2) is 18.2 Å². The van der Waals surface area contributed by atoms with Crippen LogP contribution in [0.5, 0.6) is 0 Å². The van der Waals surface area contributed by atoms with Crippen LogP contribution in [0.2, 0.25) is 0 Å². The Balaban J connectivity index is 2.05. The van der Waals surface area contributed by atoms with E-state index in [1.54, 1.807) is 6.07 Å². The van der Waals surface area contributed by atoms with E-state index in [0.717, 1.165) is 31.9 Å². The molecule has 100 valence electrons. The number of anilines is 2. The van der Waals surface area contributed by atoms with E-state index in [2.05, 4.69) is 30.6 Å². The summed E-state index contributed by atoms with van der Waals surface area (Å²) >= 11 is 0. The Labute approximate surface area is 108 Å². The second kappa shape index (κ2) is 4.76. The molecule has 1 aromatic rings. The van der Waals surface area contributed by atoms with Crippen LogP contribution in [0.25, 0.3) is 0 Å². The quantitative estimate of drug-likeness (QED) is 0.778. The summed E-state index contributed by atoms with van der Waals surface area (Å²) in [7, 11) is 0. The first-order chi connectivity index (χ1) is 8.36. The third kappa shape index (κ3) is 2.93. The first-order valence-electron chi connectivity index (χ1n) is 6.42. The van der Waals surface area contributed by atoms with Gasteiger partial charge in [0.2, 0.25) is 0 Å². The lowest BCUT2D eigenvalue weighted by molar-refractivity contribution is 0.128. The van der Waals surface area contributed by atoms with E-state index in [1.165, 1.54) is 6.07 Å². The summed E-state index contributed by atoms with van der Waals surface area (Å²) in [5.74, 6) is -0.261. The minimum atomic E-state index is -0.261. The molecule has 2 rings (SSSR count). The van der Waals surface area contributed by atoms with Crippen molar-refractivity contribution in [2.24, 2.45) is 0 Å². The number of hydrogen-bond acceptors (Lipinski definition) is 3. The van der Waals surface area contributed by atoms with Gasteiger partial charge in [-0.2, -0.15) is 0 Å². The molecule has 0 amide bonds. The highest BCUT2D eigenvalue weighted by molar-refractivity contribution is 5.56. The molecule has 0 saturated carbocycles. The number of nitrogens with two attached hydrogens (primary N) is 1. The molecule has 0 radical (unpaired) electrons. The molecule has 4 heteroatoms. The van der Waals surface area contributed by atoms with Crippen LogP contribution in [0.1, 0.15) is 20.8 Å². The Bertz CT molecular complexity index is 397. The maximum atomic E-state index is 13.3. The molecule has 1 heterocycles.